The van der Waals surface area contributed by atoms with Crippen LogP contribution in [0.3, 0.4) is 0 Å². The lowest BCUT2D eigenvalue weighted by atomic mass is 10.0. The first-order valence-corrected chi connectivity index (χ1v) is 10.6. The number of ether oxygens (including phenoxy) is 1. The fourth-order valence-corrected chi connectivity index (χ4v) is 4.46. The Morgan fingerprint density at radius 2 is 1.60 bits per heavy atom. The first kappa shape index (κ1) is 20.9. The van der Waals surface area contributed by atoms with Crippen LogP contribution in [0.1, 0.15) is 29.3 Å². The van der Waals surface area contributed by atoms with Crippen LogP contribution in [0.4, 0.5) is 4.39 Å². The zero-order valence-electron chi connectivity index (χ0n) is 17.1. The van der Waals surface area contributed by atoms with Gasteiger partial charge in [0.25, 0.3) is 0 Å². The number of nitrogens with zero attached hydrogens (tertiary/aromatic N) is 2. The van der Waals surface area contributed by atoms with Crippen molar-refractivity contribution in [2.24, 2.45) is 0 Å². The lowest BCUT2D eigenvalue weighted by molar-refractivity contribution is -0.0103. The van der Waals surface area contributed by atoms with Crippen LogP contribution >= 0.6 is 11.6 Å². The van der Waals surface area contributed by atoms with E-state index in [0.717, 1.165) is 54.5 Å². The Balaban J connectivity index is 1.68. The van der Waals surface area contributed by atoms with Crippen molar-refractivity contribution >= 4 is 11.6 Å². The van der Waals surface area contributed by atoms with Crippen molar-refractivity contribution in [2.75, 3.05) is 20.2 Å². The summed E-state index contributed by atoms with van der Waals surface area (Å²) in [6.45, 7) is 3.49. The topological polar surface area (TPSA) is 15.7 Å². The quantitative estimate of drug-likeness (QED) is 0.490. The molecule has 3 aromatic carbocycles. The average Bonchev–Trinajstić information content (AvgIpc) is 2.76. The standard InChI is InChI=1S/C25H26ClFN2O/c1-30-24-9-3-2-8-23(24)25-28(17-19-10-12-22(27)13-11-19)14-5-15-29(25)18-20-6-4-7-21(26)16-20/h2-4,6-13,16,25H,5,14-15,17-18H2,1H3/t25-/m0/s1. The van der Waals surface area contributed by atoms with E-state index in [-0.39, 0.29) is 12.0 Å². The molecule has 156 valence electrons. The van der Waals surface area contributed by atoms with Gasteiger partial charge >= 0.3 is 0 Å². The molecular formula is C25H26ClFN2O. The molecule has 1 heterocycles. The number of halogens is 2. The molecule has 5 heteroatoms. The molecule has 1 saturated heterocycles. The van der Waals surface area contributed by atoms with Gasteiger partial charge in [0.1, 0.15) is 11.6 Å². The zero-order valence-corrected chi connectivity index (χ0v) is 17.9. The van der Waals surface area contributed by atoms with Crippen LogP contribution in [0.15, 0.2) is 72.8 Å². The minimum atomic E-state index is -0.207. The predicted molar refractivity (Wildman–Crippen MR) is 119 cm³/mol. The molecule has 0 bridgehead atoms. The molecule has 0 N–H and O–H groups in total. The molecule has 0 spiro atoms. The summed E-state index contributed by atoms with van der Waals surface area (Å²) in [4.78, 5) is 4.91. The highest BCUT2D eigenvalue weighted by molar-refractivity contribution is 6.30. The van der Waals surface area contributed by atoms with Crippen molar-refractivity contribution in [3.05, 3.63) is 100 Å². The summed E-state index contributed by atoms with van der Waals surface area (Å²) in [5.74, 6) is 0.672. The van der Waals surface area contributed by atoms with E-state index in [1.165, 1.54) is 17.7 Å². The SMILES string of the molecule is COc1ccccc1[C@H]1N(Cc2ccc(F)cc2)CCCN1Cc1cccc(Cl)c1. The van der Waals surface area contributed by atoms with E-state index >= 15 is 0 Å². The second-order valence-electron chi connectivity index (χ2n) is 7.67. The average molecular weight is 425 g/mol. The smallest absolute Gasteiger partial charge is 0.124 e. The monoisotopic (exact) mass is 424 g/mol. The Kier molecular flexibility index (Phi) is 6.68. The number of methoxy groups -OCH3 is 1. The van der Waals surface area contributed by atoms with Gasteiger partial charge in [0.2, 0.25) is 0 Å². The third-order valence-corrected chi connectivity index (χ3v) is 5.81. The molecule has 4 rings (SSSR count). The van der Waals surface area contributed by atoms with Crippen LogP contribution in [-0.4, -0.2) is 30.0 Å². The minimum absolute atomic E-state index is 0.0546. The van der Waals surface area contributed by atoms with E-state index in [9.17, 15) is 4.39 Å². The lowest BCUT2D eigenvalue weighted by Crippen LogP contribution is -2.47. The highest BCUT2D eigenvalue weighted by atomic mass is 35.5. The van der Waals surface area contributed by atoms with Crippen LogP contribution < -0.4 is 4.74 Å². The van der Waals surface area contributed by atoms with Crippen molar-refractivity contribution in [2.45, 2.75) is 25.7 Å². The van der Waals surface area contributed by atoms with Gasteiger partial charge in [-0.05, 0) is 47.9 Å². The summed E-state index contributed by atoms with van der Waals surface area (Å²) in [6, 6.07) is 23.0. The molecule has 1 aliphatic heterocycles. The van der Waals surface area contributed by atoms with Gasteiger partial charge in [-0.1, -0.05) is 54.1 Å². The second-order valence-corrected chi connectivity index (χ2v) is 8.10. The number of benzene rings is 3. The Bertz CT molecular complexity index is 979. The molecule has 3 aromatic rings. The maximum absolute atomic E-state index is 13.4. The highest BCUT2D eigenvalue weighted by Crippen LogP contribution is 2.36. The predicted octanol–water partition coefficient (Wildman–Crippen LogP) is 5.89. The normalized spacial score (nSPS) is 17.8. The van der Waals surface area contributed by atoms with Crippen LogP contribution in [0.25, 0.3) is 0 Å². The number of para-hydroxylation sites is 1. The Morgan fingerprint density at radius 1 is 0.900 bits per heavy atom. The minimum Gasteiger partial charge on any atom is -0.496 e. The third kappa shape index (κ3) is 4.84. The summed E-state index contributed by atoms with van der Waals surface area (Å²) in [5.41, 5.74) is 3.43. The van der Waals surface area contributed by atoms with Crippen molar-refractivity contribution < 1.29 is 9.13 Å². The Hall–Kier alpha value is -2.40. The van der Waals surface area contributed by atoms with E-state index in [1.807, 2.05) is 42.5 Å². The van der Waals surface area contributed by atoms with Crippen molar-refractivity contribution in [3.63, 3.8) is 0 Å². The highest BCUT2D eigenvalue weighted by Gasteiger charge is 2.32. The summed E-state index contributed by atoms with van der Waals surface area (Å²) in [7, 11) is 1.72. The number of hydrogen-bond donors (Lipinski definition) is 0. The van der Waals surface area contributed by atoms with Gasteiger partial charge in [0, 0.05) is 36.8 Å². The van der Waals surface area contributed by atoms with E-state index in [0.29, 0.717) is 0 Å². The molecule has 0 aromatic heterocycles. The van der Waals surface area contributed by atoms with Crippen molar-refractivity contribution in [1.29, 1.82) is 0 Å². The number of rotatable bonds is 6. The van der Waals surface area contributed by atoms with E-state index in [2.05, 4.69) is 28.0 Å². The third-order valence-electron chi connectivity index (χ3n) is 5.57. The summed E-state index contributed by atoms with van der Waals surface area (Å²) in [6.07, 6.45) is 1.12. The zero-order chi connectivity index (χ0) is 20.9. The largest absolute Gasteiger partial charge is 0.496 e. The molecular weight excluding hydrogens is 399 g/mol. The second kappa shape index (κ2) is 9.61. The van der Waals surface area contributed by atoms with Gasteiger partial charge in [-0.15, -0.1) is 0 Å². The molecule has 0 aliphatic carbocycles. The van der Waals surface area contributed by atoms with Crippen LogP contribution in [0, 0.1) is 5.82 Å². The van der Waals surface area contributed by atoms with Gasteiger partial charge in [0.15, 0.2) is 0 Å². The summed E-state index contributed by atoms with van der Waals surface area (Å²) >= 11 is 6.23. The lowest BCUT2D eigenvalue weighted by Gasteiger charge is -2.44. The van der Waals surface area contributed by atoms with Crippen molar-refractivity contribution in [1.82, 2.24) is 9.80 Å². The molecule has 30 heavy (non-hydrogen) atoms. The van der Waals surface area contributed by atoms with Gasteiger partial charge in [0.05, 0.1) is 13.3 Å². The van der Waals surface area contributed by atoms with E-state index in [4.69, 9.17) is 16.3 Å². The summed E-state index contributed by atoms with van der Waals surface area (Å²) < 4.78 is 19.1. The Morgan fingerprint density at radius 3 is 2.30 bits per heavy atom. The fourth-order valence-electron chi connectivity index (χ4n) is 4.25. The van der Waals surface area contributed by atoms with Crippen LogP contribution in [-0.2, 0) is 13.1 Å². The molecule has 1 aliphatic rings. The molecule has 0 saturated carbocycles. The van der Waals surface area contributed by atoms with E-state index < -0.39 is 0 Å². The van der Waals surface area contributed by atoms with Gasteiger partial charge in [-0.3, -0.25) is 9.80 Å². The van der Waals surface area contributed by atoms with Crippen LogP contribution in [0.5, 0.6) is 5.75 Å². The fraction of sp³-hybridized carbons (Fsp3) is 0.280. The number of hydrogen-bond acceptors (Lipinski definition) is 3. The molecule has 0 unspecified atom stereocenters. The summed E-state index contributed by atoms with van der Waals surface area (Å²) in [5, 5.41) is 0.751. The molecule has 0 radical (unpaired) electrons. The van der Waals surface area contributed by atoms with Gasteiger partial charge in [-0.25, -0.2) is 4.39 Å². The molecule has 3 nitrogen and oxygen atoms in total. The molecule has 1 fully saturated rings. The first-order valence-electron chi connectivity index (χ1n) is 10.2. The Labute approximate surface area is 182 Å². The van der Waals surface area contributed by atoms with Crippen molar-refractivity contribution in [3.8, 4) is 5.75 Å². The van der Waals surface area contributed by atoms with Crippen LogP contribution in [0.2, 0.25) is 5.02 Å². The van der Waals surface area contributed by atoms with Gasteiger partial charge < -0.3 is 4.74 Å². The maximum atomic E-state index is 13.4. The first-order chi connectivity index (χ1) is 14.6. The maximum Gasteiger partial charge on any atom is 0.124 e. The molecule has 0 amide bonds. The van der Waals surface area contributed by atoms with Gasteiger partial charge in [-0.2, -0.15) is 0 Å². The van der Waals surface area contributed by atoms with E-state index in [1.54, 1.807) is 7.11 Å². The molecule has 1 atom stereocenters.